The van der Waals surface area contributed by atoms with Crippen LogP contribution < -0.4 is 0 Å². The highest BCUT2D eigenvalue weighted by Crippen LogP contribution is 2.28. The van der Waals surface area contributed by atoms with Gasteiger partial charge >= 0.3 is 0 Å². The molecule has 0 saturated carbocycles. The molecule has 0 aromatic rings. The van der Waals surface area contributed by atoms with Gasteiger partial charge in [0.05, 0.1) is 0 Å². The van der Waals surface area contributed by atoms with E-state index in [1.54, 1.807) is 0 Å². The van der Waals surface area contributed by atoms with Crippen LogP contribution in [0.2, 0.25) is 0 Å². The van der Waals surface area contributed by atoms with E-state index in [1.807, 2.05) is 0 Å². The molecule has 1 atom stereocenters. The van der Waals surface area contributed by atoms with Gasteiger partial charge in [-0.3, -0.25) is 0 Å². The van der Waals surface area contributed by atoms with Crippen LogP contribution in [0.5, 0.6) is 0 Å². The lowest BCUT2D eigenvalue weighted by Gasteiger charge is -2.43. The van der Waals surface area contributed by atoms with E-state index in [9.17, 15) is 0 Å². The Morgan fingerprint density at radius 1 is 1.27 bits per heavy atom. The Hall–Kier alpha value is -0.0400. The molecule has 1 aliphatic heterocycles. The van der Waals surface area contributed by atoms with Gasteiger partial charge in [0.1, 0.15) is 0 Å². The van der Waals surface area contributed by atoms with E-state index >= 15 is 0 Å². The molecule has 11 heavy (non-hydrogen) atoms. The molecule has 0 radical (unpaired) electrons. The summed E-state index contributed by atoms with van der Waals surface area (Å²) in [6.07, 6.45) is 0. The van der Waals surface area contributed by atoms with Gasteiger partial charge in [0.2, 0.25) is 0 Å². The van der Waals surface area contributed by atoms with Crippen molar-refractivity contribution in [3.8, 4) is 0 Å². The van der Waals surface area contributed by atoms with Gasteiger partial charge < -0.3 is 4.90 Å². The molecule has 0 aromatic heterocycles. The Balaban J connectivity index is 2.21. The van der Waals surface area contributed by atoms with Crippen molar-refractivity contribution in [1.29, 1.82) is 0 Å². The van der Waals surface area contributed by atoms with Crippen molar-refractivity contribution < 1.29 is 0 Å². The van der Waals surface area contributed by atoms with Crippen molar-refractivity contribution in [2.75, 3.05) is 19.6 Å². The summed E-state index contributed by atoms with van der Waals surface area (Å²) in [6, 6.07) is 0. The molecule has 66 valence electrons. The highest BCUT2D eigenvalue weighted by atomic mass is 15.2. The number of hydrogen-bond acceptors (Lipinski definition) is 1. The predicted molar refractivity (Wildman–Crippen MR) is 49.6 cm³/mol. The lowest BCUT2D eigenvalue weighted by Crippen LogP contribution is -2.49. The smallest absolute Gasteiger partial charge is 0.00246 e. The first-order chi connectivity index (χ1) is 5.15. The average Bonchev–Trinajstić information content (AvgIpc) is 1.85. The van der Waals surface area contributed by atoms with Crippen LogP contribution in [0.25, 0.3) is 0 Å². The van der Waals surface area contributed by atoms with Crippen LogP contribution in [-0.2, 0) is 0 Å². The topological polar surface area (TPSA) is 3.24 Å². The number of hydrogen-bond donors (Lipinski definition) is 0. The van der Waals surface area contributed by atoms with Gasteiger partial charge in [-0.05, 0) is 24.3 Å². The first kappa shape index (κ1) is 9.05. The van der Waals surface area contributed by atoms with Crippen molar-refractivity contribution in [2.45, 2.75) is 27.7 Å². The minimum Gasteiger partial charge on any atom is -0.303 e. The maximum Gasteiger partial charge on any atom is 0.00246 e. The third-order valence-electron chi connectivity index (χ3n) is 3.23. The van der Waals surface area contributed by atoms with Crippen LogP contribution in [0.1, 0.15) is 27.7 Å². The van der Waals surface area contributed by atoms with Crippen LogP contribution in [0.15, 0.2) is 0 Å². The van der Waals surface area contributed by atoms with Crippen molar-refractivity contribution in [3.63, 3.8) is 0 Å². The Morgan fingerprint density at radius 2 is 1.82 bits per heavy atom. The molecule has 1 saturated heterocycles. The second-order valence-electron chi connectivity index (χ2n) is 4.22. The zero-order valence-electron chi connectivity index (χ0n) is 8.30. The lowest BCUT2D eigenvalue weighted by molar-refractivity contribution is 0.0519. The summed E-state index contributed by atoms with van der Waals surface area (Å²) in [6.45, 7) is 13.2. The minimum absolute atomic E-state index is 0.860. The van der Waals surface area contributed by atoms with Gasteiger partial charge in [0.25, 0.3) is 0 Å². The number of rotatable bonds is 3. The van der Waals surface area contributed by atoms with Crippen molar-refractivity contribution in [3.05, 3.63) is 0 Å². The van der Waals surface area contributed by atoms with E-state index in [0.717, 1.165) is 17.8 Å². The third kappa shape index (κ3) is 1.96. The Morgan fingerprint density at radius 3 is 2.18 bits per heavy atom. The predicted octanol–water partition coefficient (Wildman–Crippen LogP) is 2.23. The lowest BCUT2D eigenvalue weighted by atomic mass is 9.80. The molecule has 0 amide bonds. The van der Waals surface area contributed by atoms with E-state index in [4.69, 9.17) is 0 Å². The molecule has 1 fully saturated rings. The van der Waals surface area contributed by atoms with Gasteiger partial charge in [-0.2, -0.15) is 0 Å². The molecule has 0 aromatic carbocycles. The molecule has 0 aliphatic carbocycles. The normalized spacial score (nSPS) is 23.7. The Labute approximate surface area is 70.8 Å². The summed E-state index contributed by atoms with van der Waals surface area (Å²) in [5, 5.41) is 0. The zero-order valence-corrected chi connectivity index (χ0v) is 8.30. The molecule has 1 nitrogen and oxygen atoms in total. The highest BCUT2D eigenvalue weighted by molar-refractivity contribution is 4.83. The highest BCUT2D eigenvalue weighted by Gasteiger charge is 2.30. The SMILES string of the molecule is CCN1CC(C(C)C(C)C)C1. The largest absolute Gasteiger partial charge is 0.303 e. The summed E-state index contributed by atoms with van der Waals surface area (Å²) >= 11 is 0. The molecule has 1 aliphatic rings. The Bertz CT molecular complexity index is 114. The van der Waals surface area contributed by atoms with E-state index in [-0.39, 0.29) is 0 Å². The van der Waals surface area contributed by atoms with Gasteiger partial charge in [-0.15, -0.1) is 0 Å². The summed E-state index contributed by atoms with van der Waals surface area (Å²) in [7, 11) is 0. The second kappa shape index (κ2) is 3.57. The number of likely N-dealkylation sites (tertiary alicyclic amines) is 1. The fourth-order valence-electron chi connectivity index (χ4n) is 1.74. The standard InChI is InChI=1S/C10H21N/c1-5-11-6-10(7-11)9(4)8(2)3/h8-10H,5-7H2,1-4H3. The monoisotopic (exact) mass is 155 g/mol. The quantitative estimate of drug-likeness (QED) is 0.604. The van der Waals surface area contributed by atoms with E-state index in [2.05, 4.69) is 32.6 Å². The maximum atomic E-state index is 2.52. The van der Waals surface area contributed by atoms with Gasteiger partial charge in [0.15, 0.2) is 0 Å². The molecule has 0 spiro atoms. The molecular formula is C10H21N. The van der Waals surface area contributed by atoms with Gasteiger partial charge in [0, 0.05) is 13.1 Å². The fraction of sp³-hybridized carbons (Fsp3) is 1.00. The second-order valence-corrected chi connectivity index (χ2v) is 4.22. The van der Waals surface area contributed by atoms with Crippen LogP contribution in [-0.4, -0.2) is 24.5 Å². The first-order valence-corrected chi connectivity index (χ1v) is 4.87. The van der Waals surface area contributed by atoms with Crippen LogP contribution in [0.4, 0.5) is 0 Å². The van der Waals surface area contributed by atoms with Gasteiger partial charge in [-0.25, -0.2) is 0 Å². The molecular weight excluding hydrogens is 134 g/mol. The molecule has 1 heterocycles. The summed E-state index contributed by atoms with van der Waals surface area (Å²) < 4.78 is 0. The van der Waals surface area contributed by atoms with Crippen LogP contribution in [0.3, 0.4) is 0 Å². The summed E-state index contributed by atoms with van der Waals surface area (Å²) in [4.78, 5) is 2.52. The maximum absolute atomic E-state index is 2.52. The number of nitrogens with zero attached hydrogens (tertiary/aromatic N) is 1. The third-order valence-corrected chi connectivity index (χ3v) is 3.23. The zero-order chi connectivity index (χ0) is 8.43. The molecule has 0 N–H and O–H groups in total. The molecule has 1 heteroatoms. The van der Waals surface area contributed by atoms with E-state index in [1.165, 1.54) is 19.6 Å². The first-order valence-electron chi connectivity index (χ1n) is 4.87. The van der Waals surface area contributed by atoms with Crippen LogP contribution >= 0.6 is 0 Å². The molecule has 0 bridgehead atoms. The average molecular weight is 155 g/mol. The Kier molecular flexibility index (Phi) is 2.94. The van der Waals surface area contributed by atoms with E-state index in [0.29, 0.717) is 0 Å². The fourth-order valence-corrected chi connectivity index (χ4v) is 1.74. The molecule has 1 unspecified atom stereocenters. The van der Waals surface area contributed by atoms with E-state index < -0.39 is 0 Å². The van der Waals surface area contributed by atoms with Crippen molar-refractivity contribution >= 4 is 0 Å². The van der Waals surface area contributed by atoms with Crippen molar-refractivity contribution in [1.82, 2.24) is 4.90 Å². The summed E-state index contributed by atoms with van der Waals surface area (Å²) in [5.74, 6) is 2.76. The summed E-state index contributed by atoms with van der Waals surface area (Å²) in [5.41, 5.74) is 0. The van der Waals surface area contributed by atoms with Gasteiger partial charge in [-0.1, -0.05) is 27.7 Å². The van der Waals surface area contributed by atoms with Crippen molar-refractivity contribution in [2.24, 2.45) is 17.8 Å². The minimum atomic E-state index is 0.860. The van der Waals surface area contributed by atoms with Crippen LogP contribution in [0, 0.1) is 17.8 Å². The molecule has 1 rings (SSSR count).